The number of hydrogen-bond acceptors (Lipinski definition) is 5. The molecule has 30 heavy (non-hydrogen) atoms. The van der Waals surface area contributed by atoms with Crippen LogP contribution >= 0.6 is 0 Å². The third kappa shape index (κ3) is 3.41. The first-order chi connectivity index (χ1) is 14.5. The first-order valence-electron chi connectivity index (χ1n) is 9.24. The average Bonchev–Trinajstić information content (AvgIpc) is 2.77. The van der Waals surface area contributed by atoms with Gasteiger partial charge in [-0.25, -0.2) is 23.1 Å². The van der Waals surface area contributed by atoms with Crippen LogP contribution in [0.15, 0.2) is 48.8 Å². The number of rotatable bonds is 5. The second-order valence-electron chi connectivity index (χ2n) is 6.41. The van der Waals surface area contributed by atoms with E-state index in [0.29, 0.717) is 46.0 Å². The van der Waals surface area contributed by atoms with Gasteiger partial charge in [0.05, 0.1) is 6.61 Å². The molecule has 1 N–H and O–H groups in total. The summed E-state index contributed by atoms with van der Waals surface area (Å²) in [7, 11) is 1.69. The molecule has 0 aliphatic rings. The van der Waals surface area contributed by atoms with Crippen LogP contribution in [0.3, 0.4) is 0 Å². The third-order valence-electron chi connectivity index (χ3n) is 4.57. The smallest absolute Gasteiger partial charge is 0.195 e. The lowest BCUT2D eigenvalue weighted by Gasteiger charge is -2.14. The van der Waals surface area contributed by atoms with Gasteiger partial charge in [0, 0.05) is 36.0 Å². The molecule has 0 bridgehead atoms. The standard InChI is InChI=1S/C22H17F3N4O/c1-3-30-17-10-13(14-6-7-16(23)19(25)18(14)24)9-15-20(17)28-21(29-22(15)26-2)12-5-4-8-27-11-12/h4-11H,3H2,1-2H3,(H,26,28,29). The lowest BCUT2D eigenvalue weighted by atomic mass is 10.0. The molecule has 8 heteroatoms. The maximum atomic E-state index is 14.4. The highest BCUT2D eigenvalue weighted by atomic mass is 19.2. The Morgan fingerprint density at radius 3 is 2.53 bits per heavy atom. The molecule has 0 spiro atoms. The molecule has 0 atom stereocenters. The Kier molecular flexibility index (Phi) is 5.22. The van der Waals surface area contributed by atoms with Crippen molar-refractivity contribution in [2.45, 2.75) is 6.92 Å². The number of hydrogen-bond donors (Lipinski definition) is 1. The topological polar surface area (TPSA) is 59.9 Å². The minimum Gasteiger partial charge on any atom is -0.492 e. The lowest BCUT2D eigenvalue weighted by Crippen LogP contribution is -2.02. The Balaban J connectivity index is 2.00. The molecule has 4 aromatic rings. The summed E-state index contributed by atoms with van der Waals surface area (Å²) in [5.74, 6) is -2.75. The highest BCUT2D eigenvalue weighted by molar-refractivity contribution is 5.97. The molecular formula is C22H17F3N4O. The summed E-state index contributed by atoms with van der Waals surface area (Å²) >= 11 is 0. The molecular weight excluding hydrogens is 393 g/mol. The number of pyridine rings is 1. The van der Waals surface area contributed by atoms with Crippen LogP contribution in [0.2, 0.25) is 0 Å². The Labute approximate surface area is 170 Å². The van der Waals surface area contributed by atoms with Gasteiger partial charge in [0.25, 0.3) is 0 Å². The monoisotopic (exact) mass is 410 g/mol. The van der Waals surface area contributed by atoms with Crippen molar-refractivity contribution in [2.75, 3.05) is 19.0 Å². The van der Waals surface area contributed by atoms with Crippen molar-refractivity contribution in [3.8, 4) is 28.3 Å². The van der Waals surface area contributed by atoms with E-state index >= 15 is 0 Å². The maximum Gasteiger partial charge on any atom is 0.195 e. The average molecular weight is 410 g/mol. The lowest BCUT2D eigenvalue weighted by molar-refractivity contribution is 0.344. The molecule has 152 valence electrons. The Morgan fingerprint density at radius 2 is 1.83 bits per heavy atom. The first kappa shape index (κ1) is 19.6. The van der Waals surface area contributed by atoms with Crippen LogP contribution in [0.4, 0.5) is 19.0 Å². The minimum atomic E-state index is -1.53. The Hall–Kier alpha value is -3.68. The largest absolute Gasteiger partial charge is 0.492 e. The van der Waals surface area contributed by atoms with Crippen LogP contribution in [0.25, 0.3) is 33.4 Å². The van der Waals surface area contributed by atoms with Gasteiger partial charge < -0.3 is 10.1 Å². The van der Waals surface area contributed by atoms with Gasteiger partial charge in [0.15, 0.2) is 23.3 Å². The molecule has 2 aromatic carbocycles. The number of fused-ring (bicyclic) bond motifs is 1. The highest BCUT2D eigenvalue weighted by Crippen LogP contribution is 2.37. The Bertz CT molecular complexity index is 1230. The summed E-state index contributed by atoms with van der Waals surface area (Å²) in [4.78, 5) is 13.2. The maximum absolute atomic E-state index is 14.4. The highest BCUT2D eigenvalue weighted by Gasteiger charge is 2.19. The predicted octanol–water partition coefficient (Wildman–Crippen LogP) is 5.22. The molecule has 0 amide bonds. The molecule has 0 saturated heterocycles. The van der Waals surface area contributed by atoms with Gasteiger partial charge in [-0.3, -0.25) is 4.98 Å². The summed E-state index contributed by atoms with van der Waals surface area (Å²) in [5.41, 5.74) is 1.45. The molecule has 0 aliphatic carbocycles. The van der Waals surface area contributed by atoms with Crippen molar-refractivity contribution in [3.05, 3.63) is 66.2 Å². The fourth-order valence-electron chi connectivity index (χ4n) is 3.19. The number of aromatic nitrogens is 3. The molecule has 0 radical (unpaired) electrons. The quantitative estimate of drug-likeness (QED) is 0.458. The summed E-state index contributed by atoms with van der Waals surface area (Å²) in [5, 5.41) is 3.56. The zero-order valence-electron chi connectivity index (χ0n) is 16.2. The molecule has 2 aromatic heterocycles. The van der Waals surface area contributed by atoms with Crippen molar-refractivity contribution in [2.24, 2.45) is 0 Å². The fraction of sp³-hybridized carbons (Fsp3) is 0.136. The third-order valence-corrected chi connectivity index (χ3v) is 4.57. The van der Waals surface area contributed by atoms with Gasteiger partial charge in [0.2, 0.25) is 0 Å². The van der Waals surface area contributed by atoms with Gasteiger partial charge in [0.1, 0.15) is 17.1 Å². The molecule has 2 heterocycles. The fourth-order valence-corrected chi connectivity index (χ4v) is 3.19. The van der Waals surface area contributed by atoms with Crippen LogP contribution in [0.5, 0.6) is 5.75 Å². The van der Waals surface area contributed by atoms with Crippen molar-refractivity contribution >= 4 is 16.7 Å². The van der Waals surface area contributed by atoms with E-state index in [1.165, 1.54) is 6.07 Å². The zero-order chi connectivity index (χ0) is 21.3. The van der Waals surface area contributed by atoms with Crippen LogP contribution in [0.1, 0.15) is 6.92 Å². The number of nitrogens with one attached hydrogen (secondary N) is 1. The number of anilines is 1. The van der Waals surface area contributed by atoms with Gasteiger partial charge in [-0.15, -0.1) is 0 Å². The van der Waals surface area contributed by atoms with Crippen molar-refractivity contribution in [1.82, 2.24) is 15.0 Å². The van der Waals surface area contributed by atoms with E-state index in [9.17, 15) is 13.2 Å². The van der Waals surface area contributed by atoms with E-state index in [4.69, 9.17) is 4.74 Å². The second kappa shape index (κ2) is 7.98. The van der Waals surface area contributed by atoms with E-state index in [1.54, 1.807) is 44.6 Å². The molecule has 0 unspecified atom stereocenters. The van der Waals surface area contributed by atoms with Crippen LogP contribution in [0, 0.1) is 17.5 Å². The number of nitrogens with zero attached hydrogens (tertiary/aromatic N) is 3. The van der Waals surface area contributed by atoms with Gasteiger partial charge in [-0.05, 0) is 48.9 Å². The van der Waals surface area contributed by atoms with Crippen molar-refractivity contribution in [3.63, 3.8) is 0 Å². The van der Waals surface area contributed by atoms with Gasteiger partial charge in [-0.2, -0.15) is 0 Å². The second-order valence-corrected chi connectivity index (χ2v) is 6.41. The predicted molar refractivity (Wildman–Crippen MR) is 109 cm³/mol. The van der Waals surface area contributed by atoms with E-state index in [0.717, 1.165) is 6.07 Å². The summed E-state index contributed by atoms with van der Waals surface area (Å²) < 4.78 is 47.3. The van der Waals surface area contributed by atoms with Gasteiger partial charge >= 0.3 is 0 Å². The van der Waals surface area contributed by atoms with E-state index < -0.39 is 17.5 Å². The van der Waals surface area contributed by atoms with E-state index in [1.807, 2.05) is 6.07 Å². The molecule has 0 aliphatic heterocycles. The first-order valence-corrected chi connectivity index (χ1v) is 9.24. The van der Waals surface area contributed by atoms with E-state index in [-0.39, 0.29) is 5.56 Å². The van der Waals surface area contributed by atoms with Gasteiger partial charge in [-0.1, -0.05) is 0 Å². The number of ether oxygens (including phenoxy) is 1. The zero-order valence-corrected chi connectivity index (χ0v) is 16.2. The minimum absolute atomic E-state index is 0.0878. The van der Waals surface area contributed by atoms with E-state index in [2.05, 4.69) is 20.3 Å². The molecule has 5 nitrogen and oxygen atoms in total. The summed E-state index contributed by atoms with van der Waals surface area (Å²) in [6.07, 6.45) is 3.30. The van der Waals surface area contributed by atoms with Crippen molar-refractivity contribution < 1.29 is 17.9 Å². The summed E-state index contributed by atoms with van der Waals surface area (Å²) in [6, 6.07) is 8.86. The van der Waals surface area contributed by atoms with Crippen LogP contribution in [-0.4, -0.2) is 28.6 Å². The van der Waals surface area contributed by atoms with Crippen LogP contribution in [-0.2, 0) is 0 Å². The Morgan fingerprint density at radius 1 is 1.00 bits per heavy atom. The van der Waals surface area contributed by atoms with Crippen molar-refractivity contribution in [1.29, 1.82) is 0 Å². The SMILES string of the molecule is CCOc1cc(-c2ccc(F)c(F)c2F)cc2c(NC)nc(-c3cccnc3)nc12. The molecule has 0 saturated carbocycles. The number of benzene rings is 2. The normalized spacial score (nSPS) is 11.0. The molecule has 0 fully saturated rings. The number of halogens is 3. The summed E-state index contributed by atoms with van der Waals surface area (Å²) in [6.45, 7) is 2.14. The van der Waals surface area contributed by atoms with Crippen LogP contribution < -0.4 is 10.1 Å². The molecule has 4 rings (SSSR count).